The molecule has 1 aromatic carbocycles. The van der Waals surface area contributed by atoms with E-state index in [0.717, 1.165) is 27.8 Å². The summed E-state index contributed by atoms with van der Waals surface area (Å²) in [6.45, 7) is 8.00. The molecule has 7 heteroatoms. The topological polar surface area (TPSA) is 73.7 Å². The van der Waals surface area contributed by atoms with Crippen molar-refractivity contribution in [3.63, 3.8) is 0 Å². The van der Waals surface area contributed by atoms with Crippen molar-refractivity contribution in [1.82, 2.24) is 9.78 Å². The zero-order valence-electron chi connectivity index (χ0n) is 15.5. The molecule has 0 N–H and O–H groups in total. The number of carbonyl (C=O) groups is 2. The number of anilines is 1. The van der Waals surface area contributed by atoms with Gasteiger partial charge in [0, 0.05) is 23.8 Å². The number of esters is 2. The lowest BCUT2D eigenvalue weighted by Gasteiger charge is -2.24. The zero-order valence-corrected chi connectivity index (χ0v) is 15.5. The minimum Gasteiger partial charge on any atom is -0.465 e. The lowest BCUT2D eigenvalue weighted by Crippen LogP contribution is -2.36. The van der Waals surface area contributed by atoms with Crippen LogP contribution in [0.3, 0.4) is 0 Å². The summed E-state index contributed by atoms with van der Waals surface area (Å²) in [5, 5.41) is 5.54. The molecule has 0 saturated carbocycles. The van der Waals surface area contributed by atoms with Gasteiger partial charge in [-0.25, -0.2) is 0 Å². The predicted molar refractivity (Wildman–Crippen MR) is 95.7 cm³/mol. The second-order valence-electron chi connectivity index (χ2n) is 5.83. The number of aryl methyl sites for hydroxylation is 3. The molecule has 2 aromatic rings. The molecule has 25 heavy (non-hydrogen) atoms. The summed E-state index contributed by atoms with van der Waals surface area (Å²) in [6.07, 6.45) is 0. The first-order chi connectivity index (χ1) is 11.9. The van der Waals surface area contributed by atoms with Crippen molar-refractivity contribution in [2.24, 2.45) is 7.05 Å². The molecule has 0 aliphatic rings. The molecule has 1 heterocycles. The Bertz CT molecular complexity index is 762. The van der Waals surface area contributed by atoms with Crippen molar-refractivity contribution >= 4 is 28.5 Å². The van der Waals surface area contributed by atoms with Crippen molar-refractivity contribution in [2.75, 3.05) is 31.2 Å². The molecular weight excluding hydrogens is 322 g/mol. The summed E-state index contributed by atoms with van der Waals surface area (Å²) in [5.74, 6) is -0.771. The largest absolute Gasteiger partial charge is 0.465 e. The SMILES string of the molecule is CCOC(=O)CN(CC(=O)OCC)c1cc2nn(C)c(C)c2cc1C. The maximum absolute atomic E-state index is 12.0. The fourth-order valence-electron chi connectivity index (χ4n) is 2.76. The minimum atomic E-state index is -0.386. The molecule has 0 fully saturated rings. The Balaban J connectivity index is 2.40. The summed E-state index contributed by atoms with van der Waals surface area (Å²) in [7, 11) is 1.89. The normalized spacial score (nSPS) is 10.8. The van der Waals surface area contributed by atoms with E-state index in [1.165, 1.54) is 0 Å². The van der Waals surface area contributed by atoms with Crippen LogP contribution in [-0.2, 0) is 26.1 Å². The number of aromatic nitrogens is 2. The van der Waals surface area contributed by atoms with Crippen molar-refractivity contribution in [3.8, 4) is 0 Å². The van der Waals surface area contributed by atoms with Crippen LogP contribution in [0, 0.1) is 13.8 Å². The van der Waals surface area contributed by atoms with E-state index < -0.39 is 0 Å². The van der Waals surface area contributed by atoms with Crippen LogP contribution in [0.5, 0.6) is 0 Å². The maximum atomic E-state index is 12.0. The summed E-state index contributed by atoms with van der Waals surface area (Å²) >= 11 is 0. The third-order valence-corrected chi connectivity index (χ3v) is 4.04. The van der Waals surface area contributed by atoms with Gasteiger partial charge in [0.15, 0.2) is 0 Å². The highest BCUT2D eigenvalue weighted by atomic mass is 16.5. The molecular formula is C18H25N3O4. The molecule has 0 aliphatic carbocycles. The molecule has 0 bridgehead atoms. The van der Waals surface area contributed by atoms with Gasteiger partial charge in [-0.2, -0.15) is 5.10 Å². The van der Waals surface area contributed by atoms with Crippen molar-refractivity contribution < 1.29 is 19.1 Å². The first-order valence-electron chi connectivity index (χ1n) is 8.37. The van der Waals surface area contributed by atoms with E-state index >= 15 is 0 Å². The Morgan fingerprint density at radius 3 is 2.16 bits per heavy atom. The van der Waals surface area contributed by atoms with Crippen LogP contribution >= 0.6 is 0 Å². The number of fused-ring (bicyclic) bond motifs is 1. The van der Waals surface area contributed by atoms with Gasteiger partial charge >= 0.3 is 11.9 Å². The van der Waals surface area contributed by atoms with Crippen molar-refractivity contribution in [3.05, 3.63) is 23.4 Å². The third kappa shape index (κ3) is 4.29. The minimum absolute atomic E-state index is 0.0230. The predicted octanol–water partition coefficient (Wildman–Crippen LogP) is 2.12. The van der Waals surface area contributed by atoms with E-state index in [9.17, 15) is 9.59 Å². The second-order valence-corrected chi connectivity index (χ2v) is 5.83. The average molecular weight is 347 g/mol. The Kier molecular flexibility index (Phi) is 6.01. The summed E-state index contributed by atoms with van der Waals surface area (Å²) in [4.78, 5) is 25.6. The van der Waals surface area contributed by atoms with E-state index in [2.05, 4.69) is 5.10 Å². The van der Waals surface area contributed by atoms with Gasteiger partial charge in [0.05, 0.1) is 18.7 Å². The van der Waals surface area contributed by atoms with E-state index in [1.54, 1.807) is 18.7 Å². The number of rotatable bonds is 7. The summed E-state index contributed by atoms with van der Waals surface area (Å²) < 4.78 is 11.9. The Labute approximate surface area is 147 Å². The lowest BCUT2D eigenvalue weighted by molar-refractivity contribution is -0.142. The molecule has 1 aromatic heterocycles. The van der Waals surface area contributed by atoms with Crippen LogP contribution < -0.4 is 4.90 Å². The van der Waals surface area contributed by atoms with Gasteiger partial charge in [-0.1, -0.05) is 0 Å². The molecule has 0 amide bonds. The zero-order chi connectivity index (χ0) is 18.6. The summed E-state index contributed by atoms with van der Waals surface area (Å²) in [5.41, 5.74) is 3.61. The quantitative estimate of drug-likeness (QED) is 0.714. The van der Waals surface area contributed by atoms with Crippen LogP contribution in [0.2, 0.25) is 0 Å². The number of carbonyl (C=O) groups excluding carboxylic acids is 2. The average Bonchev–Trinajstić information content (AvgIpc) is 2.81. The number of nitrogens with zero attached hydrogens (tertiary/aromatic N) is 3. The fraction of sp³-hybridized carbons (Fsp3) is 0.500. The monoisotopic (exact) mass is 347 g/mol. The van der Waals surface area contributed by atoms with Gasteiger partial charge in [-0.3, -0.25) is 14.3 Å². The molecule has 0 radical (unpaired) electrons. The highest BCUT2D eigenvalue weighted by Gasteiger charge is 2.20. The Hall–Kier alpha value is -2.57. The van der Waals surface area contributed by atoms with Gasteiger partial charge < -0.3 is 14.4 Å². The van der Waals surface area contributed by atoms with Crippen LogP contribution in [0.4, 0.5) is 5.69 Å². The van der Waals surface area contributed by atoms with Crippen molar-refractivity contribution in [1.29, 1.82) is 0 Å². The molecule has 2 rings (SSSR count). The molecule has 7 nitrogen and oxygen atoms in total. The lowest BCUT2D eigenvalue weighted by atomic mass is 10.1. The van der Waals surface area contributed by atoms with Gasteiger partial charge in [-0.15, -0.1) is 0 Å². The van der Waals surface area contributed by atoms with E-state index in [1.807, 2.05) is 37.7 Å². The first kappa shape index (κ1) is 18.8. The highest BCUT2D eigenvalue weighted by molar-refractivity contribution is 5.89. The molecule has 0 unspecified atom stereocenters. The number of hydrogen-bond acceptors (Lipinski definition) is 6. The van der Waals surface area contributed by atoms with Crippen LogP contribution in [0.25, 0.3) is 10.9 Å². The van der Waals surface area contributed by atoms with E-state index in [0.29, 0.717) is 13.2 Å². The number of ether oxygens (including phenoxy) is 2. The highest BCUT2D eigenvalue weighted by Crippen LogP contribution is 2.28. The molecule has 0 aliphatic heterocycles. The molecule has 0 spiro atoms. The van der Waals surface area contributed by atoms with Gasteiger partial charge in [-0.05, 0) is 45.4 Å². The van der Waals surface area contributed by atoms with E-state index in [-0.39, 0.29) is 25.0 Å². The van der Waals surface area contributed by atoms with Gasteiger partial charge in [0.2, 0.25) is 0 Å². The number of hydrogen-bond donors (Lipinski definition) is 0. The standard InChI is InChI=1S/C18H25N3O4/c1-6-24-17(22)10-21(11-18(23)25-7-2)16-9-15-14(8-12(16)3)13(4)20(5)19-15/h8-9H,6-7,10-11H2,1-5H3. The maximum Gasteiger partial charge on any atom is 0.325 e. The Morgan fingerprint density at radius 1 is 1.08 bits per heavy atom. The van der Waals surface area contributed by atoms with Gasteiger partial charge in [0.1, 0.15) is 13.1 Å². The summed E-state index contributed by atoms with van der Waals surface area (Å²) in [6, 6.07) is 3.92. The first-order valence-corrected chi connectivity index (χ1v) is 8.37. The second kappa shape index (κ2) is 8.00. The molecule has 136 valence electrons. The smallest absolute Gasteiger partial charge is 0.325 e. The number of benzene rings is 1. The Morgan fingerprint density at radius 2 is 1.64 bits per heavy atom. The fourth-order valence-corrected chi connectivity index (χ4v) is 2.76. The van der Waals surface area contributed by atoms with Crippen LogP contribution in [0.15, 0.2) is 12.1 Å². The van der Waals surface area contributed by atoms with Crippen molar-refractivity contribution in [2.45, 2.75) is 27.7 Å². The van der Waals surface area contributed by atoms with E-state index in [4.69, 9.17) is 9.47 Å². The van der Waals surface area contributed by atoms with Crippen LogP contribution in [-0.4, -0.2) is 48.0 Å². The molecule has 0 saturated heterocycles. The molecule has 0 atom stereocenters. The van der Waals surface area contributed by atoms with Gasteiger partial charge in [0.25, 0.3) is 0 Å². The van der Waals surface area contributed by atoms with Crippen LogP contribution in [0.1, 0.15) is 25.1 Å². The third-order valence-electron chi connectivity index (χ3n) is 4.04.